The number of rotatable bonds is 2. The fourth-order valence-corrected chi connectivity index (χ4v) is 1.95. The molecule has 0 atom stereocenters. The Morgan fingerprint density at radius 3 is 2.62 bits per heavy atom. The molecule has 4 nitrogen and oxygen atoms in total. The van der Waals surface area contributed by atoms with Crippen molar-refractivity contribution in [2.24, 2.45) is 5.29 Å². The molecule has 16 heavy (non-hydrogen) atoms. The van der Waals surface area contributed by atoms with E-state index in [9.17, 15) is 4.91 Å². The number of aromatic nitrogens is 1. The van der Waals surface area contributed by atoms with Crippen LogP contribution >= 0.6 is 0 Å². The van der Waals surface area contributed by atoms with E-state index in [1.165, 1.54) is 5.39 Å². The highest BCUT2D eigenvalue weighted by Gasteiger charge is 2.04. The van der Waals surface area contributed by atoms with Gasteiger partial charge in [0.1, 0.15) is 0 Å². The van der Waals surface area contributed by atoms with Crippen LogP contribution in [0.5, 0.6) is 0 Å². The van der Waals surface area contributed by atoms with Crippen molar-refractivity contribution in [3.8, 4) is 0 Å². The maximum Gasteiger partial charge on any atom is 0.0847 e. The molecule has 1 heterocycles. The second kappa shape index (κ2) is 3.34. The number of anilines is 1. The monoisotopic (exact) mass is 211 g/mol. The molecule has 0 saturated heterocycles. The van der Waals surface area contributed by atoms with Gasteiger partial charge in [0.15, 0.2) is 0 Å². The zero-order valence-electron chi connectivity index (χ0n) is 8.40. The second-order valence-electron chi connectivity index (χ2n) is 3.65. The molecule has 4 heteroatoms. The summed E-state index contributed by atoms with van der Waals surface area (Å²) >= 11 is 0. The molecule has 3 aromatic rings. The first-order valence-electron chi connectivity index (χ1n) is 4.97. The van der Waals surface area contributed by atoms with Gasteiger partial charge in [-0.05, 0) is 22.9 Å². The van der Waals surface area contributed by atoms with E-state index in [1.807, 2.05) is 24.3 Å². The van der Waals surface area contributed by atoms with E-state index in [0.29, 0.717) is 5.69 Å². The van der Waals surface area contributed by atoms with E-state index in [0.717, 1.165) is 16.3 Å². The predicted molar refractivity (Wildman–Crippen MR) is 65.2 cm³/mol. The molecule has 0 saturated carbocycles. The van der Waals surface area contributed by atoms with Gasteiger partial charge in [0.25, 0.3) is 0 Å². The van der Waals surface area contributed by atoms with Gasteiger partial charge in [0.05, 0.1) is 11.0 Å². The van der Waals surface area contributed by atoms with Crippen LogP contribution in [0.4, 0.5) is 5.69 Å². The average molecular weight is 211 g/mol. The van der Waals surface area contributed by atoms with Crippen molar-refractivity contribution in [3.63, 3.8) is 0 Å². The highest BCUT2D eigenvalue weighted by molar-refractivity contribution is 6.02. The molecule has 0 aliphatic heterocycles. The number of hydrogen-bond donors (Lipinski definition) is 2. The van der Waals surface area contributed by atoms with Gasteiger partial charge in [-0.15, -0.1) is 4.91 Å². The zero-order chi connectivity index (χ0) is 11.0. The van der Waals surface area contributed by atoms with E-state index < -0.39 is 0 Å². The number of nitroso groups, excluding NO2 is 1. The van der Waals surface area contributed by atoms with Gasteiger partial charge in [-0.1, -0.05) is 24.3 Å². The fourth-order valence-electron chi connectivity index (χ4n) is 1.95. The van der Waals surface area contributed by atoms with Gasteiger partial charge < -0.3 is 4.98 Å². The number of aromatic amines is 1. The molecular formula is C12H9N3O. The normalized spacial score (nSPS) is 10.8. The molecule has 0 spiro atoms. The summed E-state index contributed by atoms with van der Waals surface area (Å²) in [6.45, 7) is 0. The second-order valence-corrected chi connectivity index (χ2v) is 3.65. The number of H-pyrrole nitrogens is 1. The van der Waals surface area contributed by atoms with E-state index in [1.54, 1.807) is 6.20 Å². The average Bonchev–Trinajstić information content (AvgIpc) is 2.70. The smallest absolute Gasteiger partial charge is 0.0847 e. The van der Waals surface area contributed by atoms with Crippen molar-refractivity contribution in [3.05, 3.63) is 47.5 Å². The van der Waals surface area contributed by atoms with Crippen LogP contribution in [-0.4, -0.2) is 4.98 Å². The minimum Gasteiger partial charge on any atom is -0.359 e. The van der Waals surface area contributed by atoms with Crippen molar-refractivity contribution in [1.29, 1.82) is 0 Å². The Labute approximate surface area is 91.2 Å². The Morgan fingerprint density at radius 1 is 1.12 bits per heavy atom. The van der Waals surface area contributed by atoms with Crippen molar-refractivity contribution in [2.75, 3.05) is 5.43 Å². The first kappa shape index (κ1) is 8.91. The molecule has 2 aromatic carbocycles. The lowest BCUT2D eigenvalue weighted by atomic mass is 10.1. The van der Waals surface area contributed by atoms with E-state index >= 15 is 0 Å². The van der Waals surface area contributed by atoms with Crippen LogP contribution < -0.4 is 5.43 Å². The Hall–Kier alpha value is -2.36. The number of nitrogens with one attached hydrogen (secondary N) is 2. The molecule has 3 rings (SSSR count). The summed E-state index contributed by atoms with van der Waals surface area (Å²) in [4.78, 5) is 13.3. The molecule has 0 radical (unpaired) electrons. The van der Waals surface area contributed by atoms with Gasteiger partial charge in [-0.2, -0.15) is 0 Å². The summed E-state index contributed by atoms with van der Waals surface area (Å²) in [5, 5.41) is 5.97. The van der Waals surface area contributed by atoms with Crippen LogP contribution in [0.1, 0.15) is 0 Å². The topological polar surface area (TPSA) is 57.2 Å². The fraction of sp³-hybridized carbons (Fsp3) is 0. The Morgan fingerprint density at radius 2 is 1.88 bits per heavy atom. The number of benzene rings is 2. The molecule has 0 unspecified atom stereocenters. The molecular weight excluding hydrogens is 202 g/mol. The molecule has 0 aliphatic carbocycles. The molecule has 2 N–H and O–H groups in total. The predicted octanol–water partition coefficient (Wildman–Crippen LogP) is 3.41. The van der Waals surface area contributed by atoms with Gasteiger partial charge in [-0.3, -0.25) is 0 Å². The minimum absolute atomic E-state index is 0.704. The lowest BCUT2D eigenvalue weighted by Gasteiger charge is -1.99. The van der Waals surface area contributed by atoms with Crippen LogP contribution in [0.3, 0.4) is 0 Å². The third-order valence-corrected chi connectivity index (χ3v) is 2.71. The largest absolute Gasteiger partial charge is 0.359 e. The quantitative estimate of drug-likeness (QED) is 0.504. The maximum atomic E-state index is 10.2. The minimum atomic E-state index is 0.704. The summed E-state index contributed by atoms with van der Waals surface area (Å²) in [5.41, 5.74) is 4.13. The standard InChI is InChI=1S/C12H9N3O/c16-15-14-12-7-13-11-6-9-4-2-1-3-8(9)5-10(11)12/h1-7,13H,(H,14,16). The Balaban J connectivity index is 2.35. The van der Waals surface area contributed by atoms with Gasteiger partial charge in [0.2, 0.25) is 0 Å². The van der Waals surface area contributed by atoms with Crippen LogP contribution in [0.25, 0.3) is 21.7 Å². The summed E-state index contributed by atoms with van der Waals surface area (Å²) in [6, 6.07) is 12.2. The van der Waals surface area contributed by atoms with E-state index in [2.05, 4.69) is 27.8 Å². The van der Waals surface area contributed by atoms with Crippen molar-refractivity contribution >= 4 is 27.4 Å². The third-order valence-electron chi connectivity index (χ3n) is 2.71. The molecule has 0 bridgehead atoms. The van der Waals surface area contributed by atoms with Crippen molar-refractivity contribution in [1.82, 2.24) is 4.98 Å². The summed E-state index contributed by atoms with van der Waals surface area (Å²) in [5.74, 6) is 0. The first-order chi connectivity index (χ1) is 7.88. The van der Waals surface area contributed by atoms with Gasteiger partial charge in [0, 0.05) is 17.1 Å². The lowest BCUT2D eigenvalue weighted by Crippen LogP contribution is -1.82. The van der Waals surface area contributed by atoms with Gasteiger partial charge >= 0.3 is 0 Å². The van der Waals surface area contributed by atoms with Crippen LogP contribution in [0, 0.1) is 4.91 Å². The Kier molecular flexibility index (Phi) is 1.86. The Bertz CT molecular complexity index is 672. The van der Waals surface area contributed by atoms with E-state index in [4.69, 9.17) is 0 Å². The zero-order valence-corrected chi connectivity index (χ0v) is 8.40. The molecule has 0 fully saturated rings. The third kappa shape index (κ3) is 1.24. The molecule has 0 amide bonds. The molecule has 0 aliphatic rings. The number of hydrogen-bond acceptors (Lipinski definition) is 2. The first-order valence-corrected chi connectivity index (χ1v) is 4.97. The van der Waals surface area contributed by atoms with E-state index in [-0.39, 0.29) is 0 Å². The van der Waals surface area contributed by atoms with Crippen LogP contribution in [0.2, 0.25) is 0 Å². The molecule has 1 aromatic heterocycles. The maximum absolute atomic E-state index is 10.2. The summed E-state index contributed by atoms with van der Waals surface area (Å²) in [7, 11) is 0. The highest BCUT2D eigenvalue weighted by Crippen LogP contribution is 2.27. The SMILES string of the molecule is O=NNc1c[nH]c2cc3ccccc3cc12. The molecule has 78 valence electrons. The lowest BCUT2D eigenvalue weighted by molar-refractivity contribution is 1.32. The summed E-state index contributed by atoms with van der Waals surface area (Å²) in [6.07, 6.45) is 1.74. The highest BCUT2D eigenvalue weighted by atomic mass is 16.3. The van der Waals surface area contributed by atoms with Crippen LogP contribution in [0.15, 0.2) is 47.9 Å². The van der Waals surface area contributed by atoms with Gasteiger partial charge in [-0.25, -0.2) is 5.43 Å². The summed E-state index contributed by atoms with van der Waals surface area (Å²) < 4.78 is 0. The van der Waals surface area contributed by atoms with Crippen molar-refractivity contribution < 1.29 is 0 Å². The number of nitrogens with zero attached hydrogens (tertiary/aromatic N) is 1. The van der Waals surface area contributed by atoms with Crippen molar-refractivity contribution in [2.45, 2.75) is 0 Å². The van der Waals surface area contributed by atoms with Crippen LogP contribution in [-0.2, 0) is 0 Å². The number of fused-ring (bicyclic) bond motifs is 2.